The maximum Gasteiger partial charge on any atom is 0.158 e. The number of aryl methyl sites for hydroxylation is 1. The second-order valence-corrected chi connectivity index (χ2v) is 3.58. The largest absolute Gasteiger partial charge is 0.396 e. The van der Waals surface area contributed by atoms with Crippen LogP contribution >= 0.6 is 11.6 Å². The minimum atomic E-state index is 0.381. The van der Waals surface area contributed by atoms with E-state index in [1.54, 1.807) is 10.7 Å². The summed E-state index contributed by atoms with van der Waals surface area (Å²) in [4.78, 5) is 7.88. The van der Waals surface area contributed by atoms with E-state index in [4.69, 9.17) is 17.3 Å². The second-order valence-electron chi connectivity index (χ2n) is 3.20. The Hall–Kier alpha value is -1.62. The van der Waals surface area contributed by atoms with Crippen molar-refractivity contribution in [2.24, 2.45) is 0 Å². The monoisotopic (exact) mass is 223 g/mol. The van der Waals surface area contributed by atoms with E-state index in [9.17, 15) is 0 Å². The van der Waals surface area contributed by atoms with E-state index in [2.05, 4.69) is 15.1 Å². The van der Waals surface area contributed by atoms with Gasteiger partial charge in [-0.25, -0.2) is 14.6 Å². The first-order valence-electron chi connectivity index (χ1n) is 4.39. The number of nitrogens with zero attached hydrogens (tertiary/aromatic N) is 4. The molecule has 0 aliphatic rings. The highest BCUT2D eigenvalue weighted by atomic mass is 35.5. The molecule has 0 aliphatic heterocycles. The third-order valence-electron chi connectivity index (χ3n) is 2.18. The van der Waals surface area contributed by atoms with E-state index in [1.807, 2.05) is 13.8 Å². The van der Waals surface area contributed by atoms with Crippen LogP contribution in [0.5, 0.6) is 0 Å². The Labute approximate surface area is 91.9 Å². The van der Waals surface area contributed by atoms with Crippen LogP contribution in [0.1, 0.15) is 11.4 Å². The van der Waals surface area contributed by atoms with E-state index >= 15 is 0 Å². The third-order valence-corrected chi connectivity index (χ3v) is 2.39. The van der Waals surface area contributed by atoms with Crippen LogP contribution in [-0.2, 0) is 0 Å². The van der Waals surface area contributed by atoms with Crippen molar-refractivity contribution in [1.82, 2.24) is 19.7 Å². The first-order chi connectivity index (χ1) is 7.09. The summed E-state index contributed by atoms with van der Waals surface area (Å²) in [5, 5.41) is 4.64. The maximum absolute atomic E-state index is 5.82. The molecule has 2 aromatic rings. The molecule has 0 radical (unpaired) electrons. The van der Waals surface area contributed by atoms with Gasteiger partial charge in [-0.3, -0.25) is 0 Å². The fraction of sp³-hybridized carbons (Fsp3) is 0.222. The van der Waals surface area contributed by atoms with Gasteiger partial charge in [0, 0.05) is 6.07 Å². The molecule has 2 N–H and O–H groups in total. The van der Waals surface area contributed by atoms with Crippen LogP contribution in [0.4, 0.5) is 5.69 Å². The molecule has 0 bridgehead atoms. The van der Waals surface area contributed by atoms with Gasteiger partial charge in [-0.1, -0.05) is 11.6 Å². The molecule has 0 atom stereocenters. The van der Waals surface area contributed by atoms with Crippen molar-refractivity contribution in [2.75, 3.05) is 5.73 Å². The molecule has 78 valence electrons. The van der Waals surface area contributed by atoms with Gasteiger partial charge in [-0.2, -0.15) is 5.10 Å². The Kier molecular flexibility index (Phi) is 2.32. The molecule has 2 heterocycles. The number of hydrogen-bond acceptors (Lipinski definition) is 4. The summed E-state index contributed by atoms with van der Waals surface area (Å²) in [7, 11) is 0. The van der Waals surface area contributed by atoms with Crippen LogP contribution in [0.3, 0.4) is 0 Å². The van der Waals surface area contributed by atoms with Crippen molar-refractivity contribution in [3.63, 3.8) is 0 Å². The molecule has 2 aromatic heterocycles. The topological polar surface area (TPSA) is 69.6 Å². The molecule has 0 saturated heterocycles. The van der Waals surface area contributed by atoms with Gasteiger partial charge in [0.15, 0.2) is 5.82 Å². The van der Waals surface area contributed by atoms with Crippen molar-refractivity contribution in [1.29, 1.82) is 0 Å². The molecule has 0 saturated carbocycles. The van der Waals surface area contributed by atoms with Crippen molar-refractivity contribution in [3.8, 4) is 5.82 Å². The Morgan fingerprint density at radius 3 is 2.60 bits per heavy atom. The third kappa shape index (κ3) is 1.66. The quantitative estimate of drug-likeness (QED) is 0.745. The predicted octanol–water partition coefficient (Wildman–Crippen LogP) is 1.51. The van der Waals surface area contributed by atoms with Crippen molar-refractivity contribution in [3.05, 3.63) is 28.9 Å². The number of nitrogens with two attached hydrogens (primary N) is 1. The number of aromatic nitrogens is 4. The highest BCUT2D eigenvalue weighted by molar-refractivity contribution is 6.29. The van der Waals surface area contributed by atoms with Gasteiger partial charge in [0.1, 0.15) is 11.5 Å². The van der Waals surface area contributed by atoms with E-state index < -0.39 is 0 Å². The molecule has 0 amide bonds. The average Bonchev–Trinajstić information content (AvgIpc) is 2.46. The highest BCUT2D eigenvalue weighted by Gasteiger charge is 2.10. The zero-order valence-corrected chi connectivity index (χ0v) is 9.15. The lowest BCUT2D eigenvalue weighted by atomic mass is 10.3. The molecular weight excluding hydrogens is 214 g/mol. The van der Waals surface area contributed by atoms with Gasteiger partial charge in [0.05, 0.1) is 17.1 Å². The summed E-state index contributed by atoms with van der Waals surface area (Å²) in [6.07, 6.45) is 1.39. The summed E-state index contributed by atoms with van der Waals surface area (Å²) in [6, 6.07) is 1.64. The molecule has 6 heteroatoms. The Bertz CT molecular complexity index is 505. The smallest absolute Gasteiger partial charge is 0.158 e. The molecule has 2 rings (SSSR count). The van der Waals surface area contributed by atoms with E-state index in [1.165, 1.54) is 6.33 Å². The van der Waals surface area contributed by atoms with Crippen LogP contribution in [0.25, 0.3) is 5.82 Å². The van der Waals surface area contributed by atoms with Crippen molar-refractivity contribution >= 4 is 17.3 Å². The van der Waals surface area contributed by atoms with Crippen LogP contribution in [-0.4, -0.2) is 19.7 Å². The zero-order valence-electron chi connectivity index (χ0n) is 8.40. The maximum atomic E-state index is 5.82. The summed E-state index contributed by atoms with van der Waals surface area (Å²) in [5.41, 5.74) is 8.12. The molecule has 5 nitrogen and oxygen atoms in total. The minimum absolute atomic E-state index is 0.381. The zero-order chi connectivity index (χ0) is 11.0. The predicted molar refractivity (Wildman–Crippen MR) is 58.1 cm³/mol. The van der Waals surface area contributed by atoms with E-state index in [0.717, 1.165) is 11.4 Å². The van der Waals surface area contributed by atoms with Crippen LogP contribution in [0.2, 0.25) is 5.15 Å². The molecule has 0 fully saturated rings. The Morgan fingerprint density at radius 2 is 2.07 bits per heavy atom. The summed E-state index contributed by atoms with van der Waals surface area (Å²) < 4.78 is 1.65. The summed E-state index contributed by atoms with van der Waals surface area (Å²) in [6.45, 7) is 3.73. The normalized spacial score (nSPS) is 10.6. The van der Waals surface area contributed by atoms with Crippen LogP contribution < -0.4 is 5.73 Å². The number of nitrogen functional groups attached to an aromatic ring is 1. The second kappa shape index (κ2) is 3.51. The van der Waals surface area contributed by atoms with Crippen molar-refractivity contribution < 1.29 is 0 Å². The number of rotatable bonds is 1. The van der Waals surface area contributed by atoms with Gasteiger partial charge >= 0.3 is 0 Å². The standard InChI is InChI=1S/C9H10ClN5/c1-5-9(11)6(2)15(14-5)8-3-7(10)12-4-13-8/h3-4H,11H2,1-2H3. The highest BCUT2D eigenvalue weighted by Crippen LogP contribution is 2.18. The van der Waals surface area contributed by atoms with Gasteiger partial charge in [-0.05, 0) is 13.8 Å². The molecule has 0 aromatic carbocycles. The summed E-state index contributed by atoms with van der Waals surface area (Å²) >= 11 is 5.77. The van der Waals surface area contributed by atoms with Gasteiger partial charge in [0.25, 0.3) is 0 Å². The molecule has 0 unspecified atom stereocenters. The molecule has 0 spiro atoms. The lowest BCUT2D eigenvalue weighted by molar-refractivity contribution is 0.801. The fourth-order valence-electron chi connectivity index (χ4n) is 1.32. The molecule has 0 aliphatic carbocycles. The van der Waals surface area contributed by atoms with Gasteiger partial charge in [0.2, 0.25) is 0 Å². The van der Waals surface area contributed by atoms with E-state index in [0.29, 0.717) is 16.7 Å². The number of anilines is 1. The number of halogens is 1. The lowest BCUT2D eigenvalue weighted by Gasteiger charge is -2.02. The van der Waals surface area contributed by atoms with Gasteiger partial charge < -0.3 is 5.73 Å². The Morgan fingerprint density at radius 1 is 1.33 bits per heavy atom. The molecule has 15 heavy (non-hydrogen) atoms. The molecular formula is C9H10ClN5. The fourth-order valence-corrected chi connectivity index (χ4v) is 1.46. The first-order valence-corrected chi connectivity index (χ1v) is 4.77. The first kappa shape index (κ1) is 9.92. The van der Waals surface area contributed by atoms with Gasteiger partial charge in [-0.15, -0.1) is 0 Å². The average molecular weight is 224 g/mol. The van der Waals surface area contributed by atoms with Crippen molar-refractivity contribution in [2.45, 2.75) is 13.8 Å². The Balaban J connectivity index is 2.59. The minimum Gasteiger partial charge on any atom is -0.396 e. The van der Waals surface area contributed by atoms with E-state index in [-0.39, 0.29) is 0 Å². The SMILES string of the molecule is Cc1nn(-c2cc(Cl)ncn2)c(C)c1N. The van der Waals surface area contributed by atoms with Crippen LogP contribution in [0.15, 0.2) is 12.4 Å². The number of hydrogen-bond donors (Lipinski definition) is 1. The summed E-state index contributed by atoms with van der Waals surface area (Å²) in [5.74, 6) is 0.618. The van der Waals surface area contributed by atoms with Crippen LogP contribution in [0, 0.1) is 13.8 Å². The lowest BCUT2D eigenvalue weighted by Crippen LogP contribution is -2.02.